The van der Waals surface area contributed by atoms with Crippen LogP contribution in [-0.2, 0) is 32.1 Å². The summed E-state index contributed by atoms with van der Waals surface area (Å²) in [5, 5.41) is 15.2. The minimum Gasteiger partial charge on any atom is -0.392 e. The first-order valence-electron chi connectivity index (χ1n) is 15.1. The number of nitrogens with one attached hydrogen (secondary N) is 2. The fourth-order valence-electron chi connectivity index (χ4n) is 5.12. The van der Waals surface area contributed by atoms with Crippen molar-refractivity contribution in [3.05, 3.63) is 95.3 Å². The van der Waals surface area contributed by atoms with Gasteiger partial charge in [-0.05, 0) is 55.3 Å². The van der Waals surface area contributed by atoms with Gasteiger partial charge in [0.2, 0.25) is 11.8 Å². The second-order valence-corrected chi connectivity index (χ2v) is 11.1. The van der Waals surface area contributed by atoms with Crippen LogP contribution in [0, 0.1) is 0 Å². The number of amides is 2. The second kappa shape index (κ2) is 16.9. The first kappa shape index (κ1) is 32.3. The highest BCUT2D eigenvalue weighted by Crippen LogP contribution is 2.38. The maximum atomic E-state index is 12.4. The Morgan fingerprint density at radius 2 is 1.74 bits per heavy atom. The molecule has 3 N–H and O–H groups in total. The summed E-state index contributed by atoms with van der Waals surface area (Å²) in [7, 11) is 2.10. The molecule has 1 aliphatic heterocycles. The van der Waals surface area contributed by atoms with E-state index in [1.807, 2.05) is 72.9 Å². The van der Waals surface area contributed by atoms with E-state index < -0.39 is 6.29 Å². The molecule has 0 bridgehead atoms. The fourth-order valence-corrected chi connectivity index (χ4v) is 5.12. The molecule has 0 radical (unpaired) electrons. The largest absolute Gasteiger partial charge is 0.392 e. The molecule has 4 rings (SSSR count). The Kier molecular flexibility index (Phi) is 12.7. The zero-order chi connectivity index (χ0) is 30.4. The lowest BCUT2D eigenvalue weighted by Crippen LogP contribution is -2.38. The molecule has 3 atom stereocenters. The smallest absolute Gasteiger partial charge is 0.224 e. The number of aromatic nitrogens is 1. The summed E-state index contributed by atoms with van der Waals surface area (Å²) in [6.07, 6.45) is 5.56. The molecule has 230 valence electrons. The zero-order valence-corrected chi connectivity index (χ0v) is 25.2. The Morgan fingerprint density at radius 3 is 2.44 bits per heavy atom. The van der Waals surface area contributed by atoms with Gasteiger partial charge in [-0.2, -0.15) is 0 Å². The molecule has 0 spiro atoms. The third kappa shape index (κ3) is 10.9. The van der Waals surface area contributed by atoms with Gasteiger partial charge < -0.3 is 30.1 Å². The molecule has 0 saturated carbocycles. The van der Waals surface area contributed by atoms with Crippen LogP contribution in [0.15, 0.2) is 72.9 Å². The third-order valence-corrected chi connectivity index (χ3v) is 7.53. The lowest BCUT2D eigenvalue weighted by molar-refractivity contribution is -0.252. The van der Waals surface area contributed by atoms with Gasteiger partial charge in [0.1, 0.15) is 0 Å². The van der Waals surface area contributed by atoms with E-state index in [-0.39, 0.29) is 30.6 Å². The molecule has 1 saturated heterocycles. The number of benzene rings is 2. The van der Waals surface area contributed by atoms with E-state index in [0.717, 1.165) is 66.8 Å². The standard InChI is InChI=1S/C34H44N4O5/c1-25(40)35-19-6-3-4-9-33(41)37-30-16-14-28(15-17-30)34-42-31(23-38(2)21-18-29-8-5-7-20-36-29)22-32(43-34)27-12-10-26(24-39)11-13-27/h5,7-8,10-17,20,31-32,34,39H,3-4,6,9,18-19,21-24H2,1-2H3,(H,35,40)(H,37,41). The van der Waals surface area contributed by atoms with Gasteiger partial charge in [0.15, 0.2) is 6.29 Å². The van der Waals surface area contributed by atoms with Crippen molar-refractivity contribution in [1.29, 1.82) is 0 Å². The lowest BCUT2D eigenvalue weighted by atomic mass is 9.99. The Hall–Kier alpha value is -3.63. The number of anilines is 1. The maximum Gasteiger partial charge on any atom is 0.224 e. The highest BCUT2D eigenvalue weighted by Gasteiger charge is 2.32. The quantitative estimate of drug-likeness (QED) is 0.216. The van der Waals surface area contributed by atoms with Crippen molar-refractivity contribution in [2.45, 2.75) is 70.6 Å². The van der Waals surface area contributed by atoms with Crippen LogP contribution in [-0.4, -0.2) is 59.6 Å². The molecule has 3 unspecified atom stereocenters. The van der Waals surface area contributed by atoms with Gasteiger partial charge in [-0.25, -0.2) is 0 Å². The minimum absolute atomic E-state index is 0.00270. The van der Waals surface area contributed by atoms with E-state index in [2.05, 4.69) is 27.6 Å². The van der Waals surface area contributed by atoms with Gasteiger partial charge in [0.25, 0.3) is 0 Å². The molecule has 1 fully saturated rings. The molecule has 3 aromatic rings. The number of carbonyl (C=O) groups is 2. The van der Waals surface area contributed by atoms with Gasteiger partial charge in [0.05, 0.1) is 18.8 Å². The van der Waals surface area contributed by atoms with Crippen molar-refractivity contribution in [2.24, 2.45) is 0 Å². The fraction of sp³-hybridized carbons (Fsp3) is 0.441. The lowest BCUT2D eigenvalue weighted by Gasteiger charge is -2.38. The summed E-state index contributed by atoms with van der Waals surface area (Å²) in [4.78, 5) is 30.1. The summed E-state index contributed by atoms with van der Waals surface area (Å²) in [6, 6.07) is 21.5. The number of rotatable bonds is 15. The van der Waals surface area contributed by atoms with E-state index in [1.165, 1.54) is 6.92 Å². The van der Waals surface area contributed by atoms with Crippen LogP contribution in [0.1, 0.15) is 73.8 Å². The average Bonchev–Trinajstić information content (AvgIpc) is 3.02. The highest BCUT2D eigenvalue weighted by atomic mass is 16.7. The molecular weight excluding hydrogens is 544 g/mol. The maximum absolute atomic E-state index is 12.4. The number of aliphatic hydroxyl groups excluding tert-OH is 1. The summed E-state index contributed by atoms with van der Waals surface area (Å²) in [5.41, 5.74) is 4.59. The van der Waals surface area contributed by atoms with Crippen LogP contribution in [0.3, 0.4) is 0 Å². The average molecular weight is 589 g/mol. The Morgan fingerprint density at radius 1 is 0.977 bits per heavy atom. The van der Waals surface area contributed by atoms with E-state index in [4.69, 9.17) is 9.47 Å². The molecule has 43 heavy (non-hydrogen) atoms. The van der Waals surface area contributed by atoms with Crippen LogP contribution in [0.4, 0.5) is 5.69 Å². The van der Waals surface area contributed by atoms with Gasteiger partial charge in [0, 0.05) is 69.0 Å². The van der Waals surface area contributed by atoms with Crippen LogP contribution in [0.2, 0.25) is 0 Å². The topological polar surface area (TPSA) is 113 Å². The Labute approximate surface area is 254 Å². The third-order valence-electron chi connectivity index (χ3n) is 7.53. The van der Waals surface area contributed by atoms with Gasteiger partial charge in [-0.3, -0.25) is 14.6 Å². The summed E-state index contributed by atoms with van der Waals surface area (Å²) < 4.78 is 12.9. The molecule has 1 aliphatic rings. The number of ether oxygens (including phenoxy) is 2. The van der Waals surface area contributed by atoms with Gasteiger partial charge in [-0.15, -0.1) is 0 Å². The highest BCUT2D eigenvalue weighted by molar-refractivity contribution is 5.90. The summed E-state index contributed by atoms with van der Waals surface area (Å²) in [5.74, 6) is -0.0606. The minimum atomic E-state index is -0.557. The number of carbonyl (C=O) groups excluding carboxylic acids is 2. The number of hydrogen-bond donors (Lipinski definition) is 3. The van der Waals surface area contributed by atoms with Gasteiger partial charge >= 0.3 is 0 Å². The van der Waals surface area contributed by atoms with Gasteiger partial charge in [-0.1, -0.05) is 48.9 Å². The summed E-state index contributed by atoms with van der Waals surface area (Å²) in [6.45, 7) is 3.76. The Balaban J connectivity index is 1.35. The van der Waals surface area contributed by atoms with E-state index in [9.17, 15) is 14.7 Å². The molecule has 2 amide bonds. The number of pyridine rings is 1. The van der Waals surface area contributed by atoms with Crippen LogP contribution >= 0.6 is 0 Å². The van der Waals surface area contributed by atoms with Crippen LogP contribution in [0.25, 0.3) is 0 Å². The molecule has 9 nitrogen and oxygen atoms in total. The first-order chi connectivity index (χ1) is 20.9. The zero-order valence-electron chi connectivity index (χ0n) is 25.2. The van der Waals surface area contributed by atoms with Crippen molar-refractivity contribution in [2.75, 3.05) is 32.0 Å². The van der Waals surface area contributed by atoms with E-state index in [0.29, 0.717) is 19.4 Å². The second-order valence-electron chi connectivity index (χ2n) is 11.1. The molecule has 9 heteroatoms. The van der Waals surface area contributed by atoms with Crippen molar-refractivity contribution in [3.8, 4) is 0 Å². The SMILES string of the molecule is CC(=O)NCCCCCC(=O)Nc1ccc(C2OC(CN(C)CCc3ccccn3)CC(c3ccc(CO)cc3)O2)cc1. The Bertz CT molecular complexity index is 1270. The number of aliphatic hydroxyl groups is 1. The number of unbranched alkanes of at least 4 members (excludes halogenated alkanes) is 2. The molecule has 0 aliphatic carbocycles. The van der Waals surface area contributed by atoms with E-state index >= 15 is 0 Å². The normalized spacial score (nSPS) is 18.4. The predicted molar refractivity (Wildman–Crippen MR) is 166 cm³/mol. The monoisotopic (exact) mass is 588 g/mol. The molecule has 2 heterocycles. The first-order valence-corrected chi connectivity index (χ1v) is 15.1. The van der Waals surface area contributed by atoms with Crippen molar-refractivity contribution < 1.29 is 24.2 Å². The molecule has 1 aromatic heterocycles. The predicted octanol–water partition coefficient (Wildman–Crippen LogP) is 4.93. The summed E-state index contributed by atoms with van der Waals surface area (Å²) >= 11 is 0. The van der Waals surface area contributed by atoms with Crippen LogP contribution in [0.5, 0.6) is 0 Å². The molecule has 2 aromatic carbocycles. The van der Waals surface area contributed by atoms with Crippen molar-refractivity contribution in [3.63, 3.8) is 0 Å². The van der Waals surface area contributed by atoms with Crippen molar-refractivity contribution >= 4 is 17.5 Å². The van der Waals surface area contributed by atoms with Crippen LogP contribution < -0.4 is 10.6 Å². The number of nitrogens with zero attached hydrogens (tertiary/aromatic N) is 2. The van der Waals surface area contributed by atoms with Crippen molar-refractivity contribution in [1.82, 2.24) is 15.2 Å². The number of hydrogen-bond acceptors (Lipinski definition) is 7. The number of likely N-dealkylation sites (N-methyl/N-ethyl adjacent to an activating group) is 1. The van der Waals surface area contributed by atoms with E-state index in [1.54, 1.807) is 0 Å². The molecular formula is C34H44N4O5.